The number of hydrogen-bond acceptors (Lipinski definition) is 2. The van der Waals surface area contributed by atoms with E-state index in [2.05, 4.69) is 39.0 Å². The van der Waals surface area contributed by atoms with E-state index in [-0.39, 0.29) is 6.10 Å². The number of piperidine rings is 3. The zero-order chi connectivity index (χ0) is 11.8. The van der Waals surface area contributed by atoms with Gasteiger partial charge in [0, 0.05) is 10.5 Å². The fourth-order valence-electron chi connectivity index (χ4n) is 3.28. The molecule has 2 nitrogen and oxygen atoms in total. The summed E-state index contributed by atoms with van der Waals surface area (Å²) in [5, 5.41) is 10.3. The summed E-state index contributed by atoms with van der Waals surface area (Å²) in [7, 11) is 0. The molecular weight excluding hydrogens is 278 g/mol. The Kier molecular flexibility index (Phi) is 3.24. The lowest BCUT2D eigenvalue weighted by Gasteiger charge is -2.49. The van der Waals surface area contributed by atoms with E-state index >= 15 is 0 Å². The minimum atomic E-state index is -0.128. The van der Waals surface area contributed by atoms with Crippen LogP contribution in [0.4, 0.5) is 0 Å². The van der Waals surface area contributed by atoms with Crippen LogP contribution >= 0.6 is 15.9 Å². The van der Waals surface area contributed by atoms with Crippen LogP contribution in [0, 0.1) is 5.92 Å². The molecule has 0 spiro atoms. The molecule has 92 valence electrons. The Hall–Kier alpha value is -0.380. The van der Waals surface area contributed by atoms with Crippen LogP contribution in [0.3, 0.4) is 0 Å². The first-order chi connectivity index (χ1) is 8.24. The Morgan fingerprint density at radius 3 is 2.71 bits per heavy atom. The molecule has 2 bridgehead atoms. The average molecular weight is 296 g/mol. The third kappa shape index (κ3) is 2.28. The molecule has 2 unspecified atom stereocenters. The Labute approximate surface area is 111 Å². The summed E-state index contributed by atoms with van der Waals surface area (Å²) in [5.41, 5.74) is 1.32. The molecule has 3 heterocycles. The summed E-state index contributed by atoms with van der Waals surface area (Å²) in [6, 6.07) is 8.77. The number of hydrogen-bond donors (Lipinski definition) is 1. The molecule has 3 aliphatic heterocycles. The first-order valence-corrected chi connectivity index (χ1v) is 7.20. The lowest BCUT2D eigenvalue weighted by molar-refractivity contribution is -0.0715. The number of halogens is 1. The zero-order valence-electron chi connectivity index (χ0n) is 9.85. The van der Waals surface area contributed by atoms with Gasteiger partial charge in [0.25, 0.3) is 0 Å². The van der Waals surface area contributed by atoms with Gasteiger partial charge in [-0.25, -0.2) is 0 Å². The van der Waals surface area contributed by atoms with Gasteiger partial charge in [0.2, 0.25) is 0 Å². The van der Waals surface area contributed by atoms with Gasteiger partial charge < -0.3 is 5.11 Å². The third-order valence-corrected chi connectivity index (χ3v) is 4.75. The summed E-state index contributed by atoms with van der Waals surface area (Å²) in [6.45, 7) is 2.33. The van der Waals surface area contributed by atoms with Gasteiger partial charge in [0.1, 0.15) is 0 Å². The molecule has 0 aliphatic carbocycles. The van der Waals surface area contributed by atoms with Crippen LogP contribution in [0.25, 0.3) is 0 Å². The van der Waals surface area contributed by atoms with Crippen molar-refractivity contribution in [2.45, 2.75) is 31.4 Å². The SMILES string of the molecule is OC1C2CCN(CC2)C1Cc1cccc(Br)c1. The van der Waals surface area contributed by atoms with Crippen LogP contribution in [0.5, 0.6) is 0 Å². The van der Waals surface area contributed by atoms with E-state index in [1.807, 2.05) is 6.07 Å². The second kappa shape index (κ2) is 4.71. The van der Waals surface area contributed by atoms with Crippen LogP contribution < -0.4 is 0 Å². The normalized spacial score (nSPS) is 36.1. The van der Waals surface area contributed by atoms with Crippen molar-refractivity contribution in [1.82, 2.24) is 4.90 Å². The quantitative estimate of drug-likeness (QED) is 0.906. The minimum absolute atomic E-state index is 0.128. The zero-order valence-corrected chi connectivity index (χ0v) is 11.4. The molecule has 17 heavy (non-hydrogen) atoms. The van der Waals surface area contributed by atoms with Crippen molar-refractivity contribution in [2.75, 3.05) is 13.1 Å². The number of benzene rings is 1. The van der Waals surface area contributed by atoms with E-state index in [1.165, 1.54) is 31.5 Å². The fourth-order valence-corrected chi connectivity index (χ4v) is 3.72. The monoisotopic (exact) mass is 295 g/mol. The maximum absolute atomic E-state index is 10.3. The molecule has 2 atom stereocenters. The maximum Gasteiger partial charge on any atom is 0.0727 e. The topological polar surface area (TPSA) is 23.5 Å². The number of aliphatic hydroxyl groups is 1. The summed E-state index contributed by atoms with van der Waals surface area (Å²) < 4.78 is 1.13. The lowest BCUT2D eigenvalue weighted by Crippen LogP contribution is -2.58. The second-order valence-corrected chi connectivity index (χ2v) is 6.18. The van der Waals surface area contributed by atoms with Crippen molar-refractivity contribution in [2.24, 2.45) is 5.92 Å². The number of fused-ring (bicyclic) bond motifs is 3. The van der Waals surface area contributed by atoms with Crippen molar-refractivity contribution in [3.8, 4) is 0 Å². The van der Waals surface area contributed by atoms with Crippen LogP contribution in [0.15, 0.2) is 28.7 Å². The van der Waals surface area contributed by atoms with Crippen molar-refractivity contribution >= 4 is 15.9 Å². The van der Waals surface area contributed by atoms with Gasteiger partial charge in [0.15, 0.2) is 0 Å². The first-order valence-electron chi connectivity index (χ1n) is 6.40. The molecular formula is C14H18BrNO. The highest BCUT2D eigenvalue weighted by Crippen LogP contribution is 2.33. The van der Waals surface area contributed by atoms with Gasteiger partial charge in [-0.05, 0) is 56.0 Å². The molecule has 0 amide bonds. The minimum Gasteiger partial charge on any atom is -0.391 e. The summed E-state index contributed by atoms with van der Waals surface area (Å²) in [5.74, 6) is 0.539. The summed E-state index contributed by atoms with van der Waals surface area (Å²) >= 11 is 3.51. The predicted molar refractivity (Wildman–Crippen MR) is 71.9 cm³/mol. The van der Waals surface area contributed by atoms with Crippen molar-refractivity contribution in [3.63, 3.8) is 0 Å². The van der Waals surface area contributed by atoms with Crippen LogP contribution in [0.1, 0.15) is 18.4 Å². The molecule has 3 heteroatoms. The van der Waals surface area contributed by atoms with Crippen LogP contribution in [0.2, 0.25) is 0 Å². The number of nitrogens with zero attached hydrogens (tertiary/aromatic N) is 1. The van der Waals surface area contributed by atoms with E-state index in [1.54, 1.807) is 0 Å². The van der Waals surface area contributed by atoms with E-state index in [9.17, 15) is 5.11 Å². The number of aliphatic hydroxyl groups excluding tert-OH is 1. The van der Waals surface area contributed by atoms with Gasteiger partial charge >= 0.3 is 0 Å². The van der Waals surface area contributed by atoms with Crippen LogP contribution in [-0.2, 0) is 6.42 Å². The number of rotatable bonds is 2. The highest BCUT2D eigenvalue weighted by molar-refractivity contribution is 9.10. The van der Waals surface area contributed by atoms with E-state index in [0.717, 1.165) is 10.9 Å². The molecule has 4 rings (SSSR count). The highest BCUT2D eigenvalue weighted by atomic mass is 79.9. The molecule has 3 fully saturated rings. The van der Waals surface area contributed by atoms with Crippen molar-refractivity contribution < 1.29 is 5.11 Å². The molecule has 0 aromatic heterocycles. The van der Waals surface area contributed by atoms with Crippen molar-refractivity contribution in [3.05, 3.63) is 34.3 Å². The summed E-state index contributed by atoms with van der Waals surface area (Å²) in [6.07, 6.45) is 3.19. The van der Waals surface area contributed by atoms with Gasteiger partial charge in [0.05, 0.1) is 6.10 Å². The Morgan fingerprint density at radius 2 is 2.06 bits per heavy atom. The largest absolute Gasteiger partial charge is 0.391 e. The Bertz CT molecular complexity index is 399. The second-order valence-electron chi connectivity index (χ2n) is 5.27. The smallest absolute Gasteiger partial charge is 0.0727 e. The van der Waals surface area contributed by atoms with Crippen molar-refractivity contribution in [1.29, 1.82) is 0 Å². The predicted octanol–water partition coefficient (Wildman–Crippen LogP) is 2.45. The lowest BCUT2D eigenvalue weighted by atomic mass is 9.78. The van der Waals surface area contributed by atoms with Gasteiger partial charge in [-0.3, -0.25) is 4.90 Å². The maximum atomic E-state index is 10.3. The van der Waals surface area contributed by atoms with E-state index in [4.69, 9.17) is 0 Å². The Balaban J connectivity index is 1.76. The molecule has 1 N–H and O–H groups in total. The van der Waals surface area contributed by atoms with Gasteiger partial charge in [-0.15, -0.1) is 0 Å². The van der Waals surface area contributed by atoms with Crippen LogP contribution in [-0.4, -0.2) is 35.2 Å². The van der Waals surface area contributed by atoms with E-state index < -0.39 is 0 Å². The third-order valence-electron chi connectivity index (χ3n) is 4.25. The fraction of sp³-hybridized carbons (Fsp3) is 0.571. The Morgan fingerprint density at radius 1 is 1.29 bits per heavy atom. The molecule has 0 radical (unpaired) electrons. The van der Waals surface area contributed by atoms with E-state index in [0.29, 0.717) is 12.0 Å². The average Bonchev–Trinajstić information content (AvgIpc) is 2.34. The van der Waals surface area contributed by atoms with Gasteiger partial charge in [-0.1, -0.05) is 28.1 Å². The first kappa shape index (κ1) is 11.7. The van der Waals surface area contributed by atoms with Gasteiger partial charge in [-0.2, -0.15) is 0 Å². The molecule has 1 aromatic rings. The molecule has 3 saturated heterocycles. The summed E-state index contributed by atoms with van der Waals surface area (Å²) in [4.78, 5) is 2.46. The standard InChI is InChI=1S/C14H18BrNO/c15-12-3-1-2-10(8-12)9-13-14(17)11-4-6-16(13)7-5-11/h1-3,8,11,13-14,17H,4-7,9H2. The molecule has 3 aliphatic rings. The highest BCUT2D eigenvalue weighted by Gasteiger charge is 2.40. The molecule has 0 saturated carbocycles. The molecule has 1 aromatic carbocycles.